The largest absolute Gasteiger partial charge is 0.497 e. The summed E-state index contributed by atoms with van der Waals surface area (Å²) in [5.41, 5.74) is 1.41. The number of likely N-dealkylation sites (N-methyl/N-ethyl adjacent to an activating group) is 1. The Labute approximate surface area is 104 Å². The number of benzene rings is 1. The van der Waals surface area contributed by atoms with E-state index >= 15 is 0 Å². The summed E-state index contributed by atoms with van der Waals surface area (Å²) in [6, 6.07) is 4.53. The maximum Gasteiger partial charge on any atom is 0.305 e. The fraction of sp³-hybridized carbons (Fsp3) is 0.333. The highest BCUT2D eigenvalue weighted by molar-refractivity contribution is 6.06. The van der Waals surface area contributed by atoms with Crippen molar-refractivity contribution in [1.82, 2.24) is 0 Å². The highest BCUT2D eigenvalue weighted by Gasteiger charge is 2.31. The van der Waals surface area contributed by atoms with Gasteiger partial charge in [0, 0.05) is 13.1 Å². The van der Waals surface area contributed by atoms with E-state index < -0.39 is 12.0 Å². The van der Waals surface area contributed by atoms with Crippen molar-refractivity contribution >= 4 is 23.3 Å². The third-order valence-corrected chi connectivity index (χ3v) is 2.90. The van der Waals surface area contributed by atoms with Crippen LogP contribution in [0.2, 0.25) is 0 Å². The Bertz CT molecular complexity index is 501. The van der Waals surface area contributed by atoms with E-state index in [0.29, 0.717) is 11.4 Å². The van der Waals surface area contributed by atoms with Gasteiger partial charge in [-0.2, -0.15) is 0 Å². The Hall–Kier alpha value is -2.24. The van der Waals surface area contributed by atoms with Crippen LogP contribution in [-0.4, -0.2) is 37.2 Å². The molecule has 1 atom stereocenters. The van der Waals surface area contributed by atoms with E-state index in [1.165, 1.54) is 4.90 Å². The van der Waals surface area contributed by atoms with Gasteiger partial charge >= 0.3 is 5.97 Å². The predicted octanol–water partition coefficient (Wildman–Crippen LogP) is 0.927. The molecule has 0 bridgehead atoms. The standard InChI is InChI=1S/C12H14N2O4/c1-14-10-5-7(18-2)3-4-8(10)13-9(12(14)17)6-11(15)16/h3-5,9,13H,6H2,1-2H3,(H,15,16). The monoisotopic (exact) mass is 250 g/mol. The first-order valence-electron chi connectivity index (χ1n) is 5.47. The van der Waals surface area contributed by atoms with Gasteiger partial charge in [0.25, 0.3) is 0 Å². The van der Waals surface area contributed by atoms with Gasteiger partial charge in [-0.1, -0.05) is 0 Å². The average molecular weight is 250 g/mol. The summed E-state index contributed by atoms with van der Waals surface area (Å²) < 4.78 is 5.10. The third kappa shape index (κ3) is 2.09. The van der Waals surface area contributed by atoms with Crippen LogP contribution >= 0.6 is 0 Å². The van der Waals surface area contributed by atoms with Crippen LogP contribution in [0.15, 0.2) is 18.2 Å². The zero-order valence-corrected chi connectivity index (χ0v) is 10.1. The molecule has 1 unspecified atom stereocenters. The molecule has 18 heavy (non-hydrogen) atoms. The van der Waals surface area contributed by atoms with Gasteiger partial charge in [-0.25, -0.2) is 0 Å². The fourth-order valence-electron chi connectivity index (χ4n) is 1.95. The Balaban J connectivity index is 2.34. The van der Waals surface area contributed by atoms with E-state index in [9.17, 15) is 9.59 Å². The molecule has 2 N–H and O–H groups in total. The number of nitrogens with zero attached hydrogens (tertiary/aromatic N) is 1. The molecule has 0 fully saturated rings. The number of rotatable bonds is 3. The summed E-state index contributed by atoms with van der Waals surface area (Å²) in [7, 11) is 3.17. The molecule has 2 rings (SSSR count). The second kappa shape index (κ2) is 4.56. The van der Waals surface area contributed by atoms with Crippen molar-refractivity contribution in [1.29, 1.82) is 0 Å². The first kappa shape index (κ1) is 12.2. The average Bonchev–Trinajstić information content (AvgIpc) is 2.35. The second-order valence-electron chi connectivity index (χ2n) is 4.08. The molecule has 1 heterocycles. The molecule has 1 aromatic carbocycles. The number of carbonyl (C=O) groups is 2. The topological polar surface area (TPSA) is 78.9 Å². The molecule has 6 heteroatoms. The Morgan fingerprint density at radius 2 is 2.28 bits per heavy atom. The SMILES string of the molecule is COc1ccc2c(c1)N(C)C(=O)C(CC(=O)O)N2. The minimum atomic E-state index is -1.01. The zero-order chi connectivity index (χ0) is 13.3. The lowest BCUT2D eigenvalue weighted by atomic mass is 10.1. The number of carbonyl (C=O) groups excluding carboxylic acids is 1. The molecular formula is C12H14N2O4. The van der Waals surface area contributed by atoms with Crippen molar-refractivity contribution in [2.75, 3.05) is 24.4 Å². The molecule has 1 aromatic rings. The number of methoxy groups -OCH3 is 1. The molecular weight excluding hydrogens is 236 g/mol. The lowest BCUT2D eigenvalue weighted by molar-refractivity contribution is -0.138. The lowest BCUT2D eigenvalue weighted by Gasteiger charge is -2.32. The van der Waals surface area contributed by atoms with E-state index in [1.54, 1.807) is 32.4 Å². The van der Waals surface area contributed by atoms with Gasteiger partial charge in [0.05, 0.1) is 24.9 Å². The number of hydrogen-bond acceptors (Lipinski definition) is 4. The van der Waals surface area contributed by atoms with Crippen LogP contribution in [0.25, 0.3) is 0 Å². The second-order valence-corrected chi connectivity index (χ2v) is 4.08. The number of anilines is 2. The van der Waals surface area contributed by atoms with E-state index in [1.807, 2.05) is 0 Å². The predicted molar refractivity (Wildman–Crippen MR) is 66.1 cm³/mol. The quantitative estimate of drug-likeness (QED) is 0.834. The molecule has 0 spiro atoms. The van der Waals surface area contributed by atoms with E-state index in [2.05, 4.69) is 5.32 Å². The van der Waals surface area contributed by atoms with Crippen molar-refractivity contribution in [2.45, 2.75) is 12.5 Å². The summed E-state index contributed by atoms with van der Waals surface area (Å²) in [6.45, 7) is 0. The number of carboxylic acids is 1. The number of carboxylic acid groups (broad SMARTS) is 1. The smallest absolute Gasteiger partial charge is 0.305 e. The van der Waals surface area contributed by atoms with Crippen molar-refractivity contribution in [3.63, 3.8) is 0 Å². The molecule has 1 aliphatic heterocycles. The van der Waals surface area contributed by atoms with Crippen molar-refractivity contribution < 1.29 is 19.4 Å². The number of aliphatic carboxylic acids is 1. The number of nitrogens with one attached hydrogen (secondary N) is 1. The van der Waals surface area contributed by atoms with Gasteiger partial charge in [0.15, 0.2) is 0 Å². The van der Waals surface area contributed by atoms with Gasteiger partial charge in [0.1, 0.15) is 11.8 Å². The minimum absolute atomic E-state index is 0.241. The van der Waals surface area contributed by atoms with Crippen LogP contribution in [0, 0.1) is 0 Å². The maximum atomic E-state index is 12.0. The van der Waals surface area contributed by atoms with E-state index in [-0.39, 0.29) is 12.3 Å². The van der Waals surface area contributed by atoms with Gasteiger partial charge in [-0.05, 0) is 12.1 Å². The molecule has 0 saturated heterocycles. The van der Waals surface area contributed by atoms with Crippen LogP contribution in [0.4, 0.5) is 11.4 Å². The number of fused-ring (bicyclic) bond motifs is 1. The fourth-order valence-corrected chi connectivity index (χ4v) is 1.95. The normalized spacial score (nSPS) is 18.0. The van der Waals surface area contributed by atoms with Crippen molar-refractivity contribution in [2.24, 2.45) is 0 Å². The first-order valence-corrected chi connectivity index (χ1v) is 5.47. The van der Waals surface area contributed by atoms with E-state index in [0.717, 1.165) is 5.69 Å². The van der Waals surface area contributed by atoms with Crippen LogP contribution in [0.5, 0.6) is 5.75 Å². The zero-order valence-electron chi connectivity index (χ0n) is 10.1. The van der Waals surface area contributed by atoms with Crippen LogP contribution in [0.1, 0.15) is 6.42 Å². The molecule has 1 aliphatic rings. The molecule has 0 aromatic heterocycles. The molecule has 0 saturated carbocycles. The molecule has 0 aliphatic carbocycles. The highest BCUT2D eigenvalue weighted by Crippen LogP contribution is 2.34. The summed E-state index contributed by atoms with van der Waals surface area (Å²) in [5, 5.41) is 11.7. The summed E-state index contributed by atoms with van der Waals surface area (Å²) in [6.07, 6.45) is -0.241. The van der Waals surface area contributed by atoms with Gasteiger partial charge < -0.3 is 20.1 Å². The molecule has 0 radical (unpaired) electrons. The summed E-state index contributed by atoms with van der Waals surface area (Å²) >= 11 is 0. The molecule has 96 valence electrons. The van der Waals surface area contributed by atoms with Gasteiger partial charge in [0.2, 0.25) is 5.91 Å². The molecule has 1 amide bonds. The van der Waals surface area contributed by atoms with Gasteiger partial charge in [-0.3, -0.25) is 9.59 Å². The van der Waals surface area contributed by atoms with Crippen LogP contribution < -0.4 is 15.0 Å². The number of ether oxygens (including phenoxy) is 1. The maximum absolute atomic E-state index is 12.0. The summed E-state index contributed by atoms with van der Waals surface area (Å²) in [5.74, 6) is -0.628. The third-order valence-electron chi connectivity index (χ3n) is 2.90. The molecule has 6 nitrogen and oxygen atoms in total. The van der Waals surface area contributed by atoms with Crippen molar-refractivity contribution in [3.05, 3.63) is 18.2 Å². The number of hydrogen-bond donors (Lipinski definition) is 2. The number of amides is 1. The first-order chi connectivity index (χ1) is 8.52. The van der Waals surface area contributed by atoms with Gasteiger partial charge in [-0.15, -0.1) is 0 Å². The Morgan fingerprint density at radius 1 is 1.56 bits per heavy atom. The van der Waals surface area contributed by atoms with E-state index in [4.69, 9.17) is 9.84 Å². The van der Waals surface area contributed by atoms with Crippen molar-refractivity contribution in [3.8, 4) is 5.75 Å². The van der Waals surface area contributed by atoms with Crippen LogP contribution in [0.3, 0.4) is 0 Å². The summed E-state index contributed by atoms with van der Waals surface area (Å²) in [4.78, 5) is 24.1. The Kier molecular flexibility index (Phi) is 3.10. The lowest BCUT2D eigenvalue weighted by Crippen LogP contribution is -2.46. The highest BCUT2D eigenvalue weighted by atomic mass is 16.5. The Morgan fingerprint density at radius 3 is 2.89 bits per heavy atom. The minimum Gasteiger partial charge on any atom is -0.497 e. The van der Waals surface area contributed by atoms with Crippen LogP contribution in [-0.2, 0) is 9.59 Å².